The lowest BCUT2D eigenvalue weighted by atomic mass is 10.1. The highest BCUT2D eigenvalue weighted by atomic mass is 32.2. The van der Waals surface area contributed by atoms with Crippen molar-refractivity contribution in [2.24, 2.45) is 0 Å². The molecule has 0 saturated carbocycles. The minimum Gasteiger partial charge on any atom is -0.435 e. The van der Waals surface area contributed by atoms with E-state index in [2.05, 4.69) is 4.74 Å². The van der Waals surface area contributed by atoms with Gasteiger partial charge in [-0.15, -0.1) is 0 Å². The Balaban J connectivity index is 1.83. The average molecular weight is 340 g/mol. The van der Waals surface area contributed by atoms with Crippen LogP contribution in [0.15, 0.2) is 47.4 Å². The number of hydrogen-bond acceptors (Lipinski definition) is 4. The molecule has 0 radical (unpaired) electrons. The first-order chi connectivity index (χ1) is 10.9. The van der Waals surface area contributed by atoms with Gasteiger partial charge in [-0.1, -0.05) is 6.07 Å². The molecule has 8 heteroatoms. The van der Waals surface area contributed by atoms with Crippen molar-refractivity contribution in [3.63, 3.8) is 0 Å². The maximum atomic E-state index is 12.6. The van der Waals surface area contributed by atoms with Gasteiger partial charge in [-0.3, -0.25) is 0 Å². The number of anilines is 1. The van der Waals surface area contributed by atoms with E-state index < -0.39 is 16.6 Å². The van der Waals surface area contributed by atoms with E-state index in [1.54, 1.807) is 18.2 Å². The van der Waals surface area contributed by atoms with Crippen LogP contribution in [0.3, 0.4) is 0 Å². The molecule has 0 fully saturated rings. The van der Waals surface area contributed by atoms with E-state index in [-0.39, 0.29) is 23.7 Å². The van der Waals surface area contributed by atoms with Gasteiger partial charge < -0.3 is 10.5 Å². The van der Waals surface area contributed by atoms with Crippen molar-refractivity contribution in [3.8, 4) is 5.75 Å². The molecule has 1 aliphatic heterocycles. The largest absolute Gasteiger partial charge is 0.435 e. The van der Waals surface area contributed by atoms with Crippen molar-refractivity contribution < 1.29 is 21.9 Å². The van der Waals surface area contributed by atoms with E-state index in [4.69, 9.17) is 5.73 Å². The third-order valence-corrected chi connectivity index (χ3v) is 5.42. The van der Waals surface area contributed by atoms with Crippen LogP contribution in [-0.2, 0) is 23.1 Å². The fraction of sp³-hybridized carbons (Fsp3) is 0.200. The van der Waals surface area contributed by atoms with Gasteiger partial charge in [0.1, 0.15) is 5.75 Å². The molecule has 1 aliphatic rings. The topological polar surface area (TPSA) is 72.6 Å². The fourth-order valence-electron chi connectivity index (χ4n) is 2.50. The van der Waals surface area contributed by atoms with E-state index >= 15 is 0 Å². The second kappa shape index (κ2) is 5.78. The van der Waals surface area contributed by atoms with E-state index in [1.807, 2.05) is 0 Å². The average Bonchev–Trinajstić information content (AvgIpc) is 2.91. The van der Waals surface area contributed by atoms with Crippen LogP contribution in [0, 0.1) is 0 Å². The predicted octanol–water partition coefficient (Wildman–Crippen LogP) is 2.57. The Morgan fingerprint density at radius 3 is 2.35 bits per heavy atom. The molecule has 0 bridgehead atoms. The zero-order valence-corrected chi connectivity index (χ0v) is 12.8. The standard InChI is InChI=1S/C15H14F2N2O3S/c16-15(17)22-13-3-5-14(6-4-13)23(20,21)19-8-10-1-2-12(18)7-11(10)9-19/h1-7,15H,8-9,18H2. The number of ether oxygens (including phenoxy) is 1. The van der Waals surface area contributed by atoms with Crippen LogP contribution in [0.25, 0.3) is 0 Å². The van der Waals surface area contributed by atoms with E-state index in [1.165, 1.54) is 28.6 Å². The smallest absolute Gasteiger partial charge is 0.387 e. The van der Waals surface area contributed by atoms with E-state index in [9.17, 15) is 17.2 Å². The fourth-order valence-corrected chi connectivity index (χ4v) is 3.89. The molecular formula is C15H14F2N2O3S. The van der Waals surface area contributed by atoms with E-state index in [0.717, 1.165) is 11.1 Å². The first-order valence-electron chi connectivity index (χ1n) is 6.78. The Bertz CT molecular complexity index is 823. The molecule has 122 valence electrons. The zero-order valence-electron chi connectivity index (χ0n) is 11.9. The second-order valence-electron chi connectivity index (χ2n) is 5.15. The number of nitrogens with zero attached hydrogens (tertiary/aromatic N) is 1. The Morgan fingerprint density at radius 1 is 1.04 bits per heavy atom. The number of benzene rings is 2. The first-order valence-corrected chi connectivity index (χ1v) is 8.22. The summed E-state index contributed by atoms with van der Waals surface area (Å²) in [5.41, 5.74) is 8.06. The quantitative estimate of drug-likeness (QED) is 0.868. The number of nitrogen functional groups attached to an aromatic ring is 1. The number of rotatable bonds is 4. The second-order valence-corrected chi connectivity index (χ2v) is 7.09. The number of nitrogens with two attached hydrogens (primary N) is 1. The highest BCUT2D eigenvalue weighted by molar-refractivity contribution is 7.89. The van der Waals surface area contributed by atoms with Crippen molar-refractivity contribution in [2.45, 2.75) is 24.6 Å². The highest BCUT2D eigenvalue weighted by Gasteiger charge is 2.30. The molecule has 2 N–H and O–H groups in total. The minimum absolute atomic E-state index is 0.0277. The van der Waals surface area contributed by atoms with E-state index in [0.29, 0.717) is 5.69 Å². The first kappa shape index (κ1) is 15.7. The van der Waals surface area contributed by atoms with Gasteiger partial charge >= 0.3 is 6.61 Å². The molecule has 0 atom stereocenters. The molecule has 5 nitrogen and oxygen atoms in total. The summed E-state index contributed by atoms with van der Waals surface area (Å²) in [4.78, 5) is 0.0277. The van der Waals surface area contributed by atoms with Gasteiger partial charge in [0.2, 0.25) is 10.0 Å². The Hall–Kier alpha value is -2.19. The number of hydrogen-bond donors (Lipinski definition) is 1. The Morgan fingerprint density at radius 2 is 1.70 bits per heavy atom. The normalized spacial score (nSPS) is 14.9. The lowest BCUT2D eigenvalue weighted by molar-refractivity contribution is -0.0498. The van der Waals surface area contributed by atoms with Crippen molar-refractivity contribution in [3.05, 3.63) is 53.6 Å². The third kappa shape index (κ3) is 3.13. The van der Waals surface area contributed by atoms with Crippen molar-refractivity contribution in [1.29, 1.82) is 0 Å². The molecule has 2 aromatic rings. The highest BCUT2D eigenvalue weighted by Crippen LogP contribution is 2.30. The zero-order chi connectivity index (χ0) is 16.6. The van der Waals surface area contributed by atoms with Crippen LogP contribution in [0.4, 0.5) is 14.5 Å². The van der Waals surface area contributed by atoms with Crippen LogP contribution in [0.1, 0.15) is 11.1 Å². The van der Waals surface area contributed by atoms with Gasteiger partial charge in [-0.25, -0.2) is 8.42 Å². The summed E-state index contributed by atoms with van der Waals surface area (Å²) in [6.07, 6.45) is 0. The molecule has 0 unspecified atom stereocenters. The van der Waals surface area contributed by atoms with Crippen LogP contribution < -0.4 is 10.5 Å². The molecule has 0 spiro atoms. The van der Waals surface area contributed by atoms with Gasteiger partial charge in [0, 0.05) is 18.8 Å². The predicted molar refractivity (Wildman–Crippen MR) is 80.4 cm³/mol. The van der Waals surface area contributed by atoms with Gasteiger partial charge in [-0.05, 0) is 47.5 Å². The van der Waals surface area contributed by atoms with Gasteiger partial charge in [0.25, 0.3) is 0 Å². The van der Waals surface area contributed by atoms with Crippen LogP contribution >= 0.6 is 0 Å². The lowest BCUT2D eigenvalue weighted by Gasteiger charge is -2.16. The summed E-state index contributed by atoms with van der Waals surface area (Å²) in [5, 5.41) is 0. The number of alkyl halides is 2. The van der Waals surface area contributed by atoms with Gasteiger partial charge in [-0.2, -0.15) is 13.1 Å². The summed E-state index contributed by atoms with van der Waals surface area (Å²) in [6, 6.07) is 10.2. The number of sulfonamides is 1. The SMILES string of the molecule is Nc1ccc2c(c1)CN(S(=O)(=O)c1ccc(OC(F)F)cc1)C2. The Kier molecular flexibility index (Phi) is 3.95. The number of halogens is 2. The molecule has 2 aromatic carbocycles. The molecule has 0 aliphatic carbocycles. The molecule has 0 saturated heterocycles. The van der Waals surface area contributed by atoms with Crippen LogP contribution in [-0.4, -0.2) is 19.3 Å². The molecule has 0 aromatic heterocycles. The monoisotopic (exact) mass is 340 g/mol. The molecule has 23 heavy (non-hydrogen) atoms. The van der Waals surface area contributed by atoms with Crippen LogP contribution in [0.2, 0.25) is 0 Å². The summed E-state index contributed by atoms with van der Waals surface area (Å²) in [6.45, 7) is -2.46. The van der Waals surface area contributed by atoms with Gasteiger partial charge in [0.15, 0.2) is 0 Å². The maximum Gasteiger partial charge on any atom is 0.387 e. The molecule has 3 rings (SSSR count). The lowest BCUT2D eigenvalue weighted by Crippen LogP contribution is -2.25. The summed E-state index contributed by atoms with van der Waals surface area (Å²) in [7, 11) is -3.72. The van der Waals surface area contributed by atoms with Crippen molar-refractivity contribution in [2.75, 3.05) is 5.73 Å². The minimum atomic E-state index is -3.72. The van der Waals surface area contributed by atoms with Crippen LogP contribution in [0.5, 0.6) is 5.75 Å². The van der Waals surface area contributed by atoms with Gasteiger partial charge in [0.05, 0.1) is 4.90 Å². The maximum absolute atomic E-state index is 12.6. The molecule has 0 amide bonds. The molecular weight excluding hydrogens is 326 g/mol. The molecule has 1 heterocycles. The van der Waals surface area contributed by atoms with Crippen molar-refractivity contribution >= 4 is 15.7 Å². The summed E-state index contributed by atoms with van der Waals surface area (Å²) < 4.78 is 55.0. The third-order valence-electron chi connectivity index (χ3n) is 3.61. The summed E-state index contributed by atoms with van der Waals surface area (Å²) in [5.74, 6) is -0.0866. The summed E-state index contributed by atoms with van der Waals surface area (Å²) >= 11 is 0. The Labute approximate surface area is 132 Å². The van der Waals surface area contributed by atoms with Crippen molar-refractivity contribution in [1.82, 2.24) is 4.31 Å². The number of fused-ring (bicyclic) bond motifs is 1.